The summed E-state index contributed by atoms with van der Waals surface area (Å²) in [5.41, 5.74) is 4.08. The molecular weight excluding hydrogens is 251 g/mol. The van der Waals surface area contributed by atoms with Gasteiger partial charge in [0.25, 0.3) is 0 Å². The summed E-state index contributed by atoms with van der Waals surface area (Å²) in [6, 6.07) is 12.6. The first kappa shape index (κ1) is 12.7. The molecule has 0 N–H and O–H groups in total. The normalized spacial score (nSPS) is 10.9. The number of benzene rings is 2. The van der Waals surface area contributed by atoms with Gasteiger partial charge in [-0.05, 0) is 41.8 Å². The Morgan fingerprint density at radius 2 is 1.70 bits per heavy atom. The van der Waals surface area contributed by atoms with Crippen molar-refractivity contribution in [3.8, 4) is 11.1 Å². The highest BCUT2D eigenvalue weighted by Gasteiger charge is 2.05. The molecule has 0 aliphatic carbocycles. The number of aryl methyl sites for hydroxylation is 1. The molecule has 3 heteroatoms. The fourth-order valence-corrected chi connectivity index (χ4v) is 2.37. The minimum Gasteiger partial charge on any atom is -0.241 e. The van der Waals surface area contributed by atoms with Gasteiger partial charge < -0.3 is 0 Å². The molecule has 0 aliphatic rings. The second-order valence-corrected chi connectivity index (χ2v) is 4.81. The third-order valence-corrected chi connectivity index (χ3v) is 3.38. The van der Waals surface area contributed by atoms with Crippen LogP contribution >= 0.6 is 0 Å². The number of halogens is 1. The number of fused-ring (bicyclic) bond motifs is 1. The predicted octanol–water partition coefficient (Wildman–Crippen LogP) is 4.39. The lowest BCUT2D eigenvalue weighted by Gasteiger charge is -2.07. The van der Waals surface area contributed by atoms with Gasteiger partial charge in [-0.15, -0.1) is 0 Å². The summed E-state index contributed by atoms with van der Waals surface area (Å²) < 4.78 is 13.0. The molecule has 2 aromatic carbocycles. The molecule has 0 aliphatic heterocycles. The molecule has 2 nitrogen and oxygen atoms in total. The highest BCUT2D eigenvalue weighted by atomic mass is 19.1. The maximum atomic E-state index is 13.0. The van der Waals surface area contributed by atoms with Crippen LogP contribution in [0.15, 0.2) is 48.8 Å². The molecule has 0 fully saturated rings. The highest BCUT2D eigenvalue weighted by Crippen LogP contribution is 2.25. The molecule has 0 atom stereocenters. The van der Waals surface area contributed by atoms with Crippen LogP contribution < -0.4 is 0 Å². The van der Waals surface area contributed by atoms with Gasteiger partial charge >= 0.3 is 0 Å². The van der Waals surface area contributed by atoms with Crippen molar-refractivity contribution in [1.29, 1.82) is 0 Å². The monoisotopic (exact) mass is 266 g/mol. The van der Waals surface area contributed by atoms with E-state index in [1.807, 2.05) is 12.1 Å². The van der Waals surface area contributed by atoms with E-state index in [0.717, 1.165) is 40.6 Å². The largest absolute Gasteiger partial charge is 0.241 e. The van der Waals surface area contributed by atoms with Crippen LogP contribution in [0, 0.1) is 5.82 Å². The predicted molar refractivity (Wildman–Crippen MR) is 78.9 cm³/mol. The number of rotatable bonds is 3. The van der Waals surface area contributed by atoms with Crippen molar-refractivity contribution in [2.24, 2.45) is 0 Å². The van der Waals surface area contributed by atoms with E-state index in [9.17, 15) is 4.39 Å². The molecule has 0 spiro atoms. The lowest BCUT2D eigenvalue weighted by atomic mass is 10.0. The fraction of sp³-hybridized carbons (Fsp3) is 0.176. The Labute approximate surface area is 117 Å². The van der Waals surface area contributed by atoms with E-state index in [2.05, 4.69) is 23.0 Å². The van der Waals surface area contributed by atoms with Gasteiger partial charge in [-0.25, -0.2) is 14.4 Å². The average Bonchev–Trinajstić information content (AvgIpc) is 2.48. The first-order valence-corrected chi connectivity index (χ1v) is 6.77. The van der Waals surface area contributed by atoms with Gasteiger partial charge in [0, 0.05) is 5.39 Å². The summed E-state index contributed by atoms with van der Waals surface area (Å²) in [4.78, 5) is 8.68. The third kappa shape index (κ3) is 2.39. The zero-order chi connectivity index (χ0) is 13.9. The summed E-state index contributed by atoms with van der Waals surface area (Å²) in [5, 5.41) is 1.08. The fourth-order valence-electron chi connectivity index (χ4n) is 2.37. The Bertz CT molecular complexity index is 736. The third-order valence-electron chi connectivity index (χ3n) is 3.38. The molecule has 0 saturated carbocycles. The van der Waals surface area contributed by atoms with E-state index in [4.69, 9.17) is 0 Å². The lowest BCUT2D eigenvalue weighted by Crippen LogP contribution is -1.93. The smallest absolute Gasteiger partial charge is 0.123 e. The molecule has 0 saturated heterocycles. The van der Waals surface area contributed by atoms with Crippen molar-refractivity contribution in [2.45, 2.75) is 19.8 Å². The lowest BCUT2D eigenvalue weighted by molar-refractivity contribution is 0.628. The van der Waals surface area contributed by atoms with Crippen molar-refractivity contribution in [1.82, 2.24) is 9.97 Å². The Morgan fingerprint density at radius 1 is 0.950 bits per heavy atom. The van der Waals surface area contributed by atoms with Crippen molar-refractivity contribution >= 4 is 10.9 Å². The molecule has 0 bridgehead atoms. The topological polar surface area (TPSA) is 25.8 Å². The highest BCUT2D eigenvalue weighted by molar-refractivity contribution is 5.86. The molecule has 1 aromatic heterocycles. The molecular formula is C17H15FN2. The van der Waals surface area contributed by atoms with Crippen molar-refractivity contribution in [2.75, 3.05) is 0 Å². The average molecular weight is 266 g/mol. The van der Waals surface area contributed by atoms with Crippen LogP contribution in [-0.4, -0.2) is 9.97 Å². The van der Waals surface area contributed by atoms with Gasteiger partial charge in [-0.2, -0.15) is 0 Å². The Morgan fingerprint density at radius 3 is 2.45 bits per heavy atom. The first-order valence-electron chi connectivity index (χ1n) is 6.77. The number of nitrogens with zero attached hydrogens (tertiary/aromatic N) is 2. The summed E-state index contributed by atoms with van der Waals surface area (Å²) >= 11 is 0. The van der Waals surface area contributed by atoms with Crippen molar-refractivity contribution in [3.05, 3.63) is 60.3 Å². The standard InChI is InChI=1S/C17H15FN2/c1-2-3-16-15-10-13(6-9-17(15)20-11-19-16)12-4-7-14(18)8-5-12/h4-11H,2-3H2,1H3. The van der Waals surface area contributed by atoms with Gasteiger partial charge in [0.1, 0.15) is 12.1 Å². The summed E-state index contributed by atoms with van der Waals surface area (Å²) in [5.74, 6) is -0.218. The van der Waals surface area contributed by atoms with Gasteiger partial charge in [-0.3, -0.25) is 0 Å². The maximum Gasteiger partial charge on any atom is 0.123 e. The van der Waals surface area contributed by atoms with Crippen LogP contribution in [0.5, 0.6) is 0 Å². The molecule has 3 aromatic rings. The van der Waals surface area contributed by atoms with Crippen molar-refractivity contribution in [3.63, 3.8) is 0 Å². The molecule has 3 rings (SSSR count). The quantitative estimate of drug-likeness (QED) is 0.702. The summed E-state index contributed by atoms with van der Waals surface area (Å²) in [7, 11) is 0. The molecule has 0 radical (unpaired) electrons. The zero-order valence-electron chi connectivity index (χ0n) is 11.3. The van der Waals surface area contributed by atoms with Gasteiger partial charge in [0.2, 0.25) is 0 Å². The minimum absolute atomic E-state index is 0.218. The molecule has 100 valence electrons. The van der Waals surface area contributed by atoms with Crippen LogP contribution in [0.25, 0.3) is 22.0 Å². The van der Waals surface area contributed by atoms with E-state index in [0.29, 0.717) is 0 Å². The van der Waals surface area contributed by atoms with E-state index in [1.54, 1.807) is 18.5 Å². The van der Waals surface area contributed by atoms with Gasteiger partial charge in [0.05, 0.1) is 11.2 Å². The van der Waals surface area contributed by atoms with Crippen LogP contribution in [0.2, 0.25) is 0 Å². The van der Waals surface area contributed by atoms with Crippen LogP contribution in [0.4, 0.5) is 4.39 Å². The van der Waals surface area contributed by atoms with Crippen LogP contribution in [0.1, 0.15) is 19.0 Å². The van der Waals surface area contributed by atoms with E-state index >= 15 is 0 Å². The van der Waals surface area contributed by atoms with E-state index < -0.39 is 0 Å². The van der Waals surface area contributed by atoms with Gasteiger partial charge in [0.15, 0.2) is 0 Å². The van der Waals surface area contributed by atoms with E-state index in [-0.39, 0.29) is 5.82 Å². The minimum atomic E-state index is -0.218. The zero-order valence-corrected chi connectivity index (χ0v) is 11.3. The number of hydrogen-bond donors (Lipinski definition) is 0. The van der Waals surface area contributed by atoms with Gasteiger partial charge in [-0.1, -0.05) is 31.5 Å². The Hall–Kier alpha value is -2.29. The Balaban J connectivity index is 2.13. The number of aromatic nitrogens is 2. The van der Waals surface area contributed by atoms with E-state index in [1.165, 1.54) is 12.1 Å². The molecule has 20 heavy (non-hydrogen) atoms. The first-order chi connectivity index (χ1) is 9.78. The SMILES string of the molecule is CCCc1ncnc2ccc(-c3ccc(F)cc3)cc12. The summed E-state index contributed by atoms with van der Waals surface area (Å²) in [6.45, 7) is 2.14. The second kappa shape index (κ2) is 5.37. The van der Waals surface area contributed by atoms with Crippen LogP contribution in [0.3, 0.4) is 0 Å². The second-order valence-electron chi connectivity index (χ2n) is 4.81. The maximum absolute atomic E-state index is 13.0. The molecule has 0 amide bonds. The Kier molecular flexibility index (Phi) is 3.42. The van der Waals surface area contributed by atoms with Crippen molar-refractivity contribution < 1.29 is 4.39 Å². The number of hydrogen-bond acceptors (Lipinski definition) is 2. The summed E-state index contributed by atoms with van der Waals surface area (Å²) in [6.07, 6.45) is 3.60. The molecule has 0 unspecified atom stereocenters. The van der Waals surface area contributed by atoms with Crippen LogP contribution in [-0.2, 0) is 6.42 Å². The molecule has 1 heterocycles.